The molecule has 0 heterocycles. The van der Waals surface area contributed by atoms with Gasteiger partial charge in [-0.1, -0.05) is 12.1 Å². The van der Waals surface area contributed by atoms with Gasteiger partial charge in [0.2, 0.25) is 0 Å². The number of nitrogens with one attached hydrogen (secondary N) is 1. The summed E-state index contributed by atoms with van der Waals surface area (Å²) in [6.07, 6.45) is 0.765. The van der Waals surface area contributed by atoms with E-state index in [9.17, 15) is 4.79 Å². The van der Waals surface area contributed by atoms with Gasteiger partial charge >= 0.3 is 0 Å². The van der Waals surface area contributed by atoms with E-state index in [0.29, 0.717) is 12.1 Å². The number of benzene rings is 1. The lowest BCUT2D eigenvalue weighted by molar-refractivity contribution is 0.0944. The highest BCUT2D eigenvalue weighted by atomic mass is 16.3. The number of carbonyl (C=O) groups is 1. The van der Waals surface area contributed by atoms with Crippen molar-refractivity contribution < 1.29 is 9.90 Å². The molecule has 0 fully saturated rings. The minimum atomic E-state index is -0.164. The predicted molar refractivity (Wildman–Crippen MR) is 58.6 cm³/mol. The highest BCUT2D eigenvalue weighted by Gasteiger charge is 2.04. The summed E-state index contributed by atoms with van der Waals surface area (Å²) >= 11 is 0. The Morgan fingerprint density at radius 1 is 1.47 bits per heavy atom. The molecule has 4 nitrogen and oxygen atoms in total. The number of amides is 1. The second-order valence-electron chi connectivity index (χ2n) is 3.22. The van der Waals surface area contributed by atoms with Crippen LogP contribution >= 0.6 is 0 Å². The summed E-state index contributed by atoms with van der Waals surface area (Å²) in [4.78, 5) is 11.5. The normalized spacial score (nSPS) is 10.0. The Bertz CT molecular complexity index is 326. The van der Waals surface area contributed by atoms with Gasteiger partial charge in [0.05, 0.1) is 6.61 Å². The lowest BCUT2D eigenvalue weighted by Crippen LogP contribution is -2.26. The Balaban J connectivity index is 2.67. The number of hydrogen-bond acceptors (Lipinski definition) is 3. The van der Waals surface area contributed by atoms with E-state index in [1.54, 1.807) is 6.07 Å². The molecule has 1 rings (SSSR count). The van der Waals surface area contributed by atoms with E-state index >= 15 is 0 Å². The second-order valence-corrected chi connectivity index (χ2v) is 3.22. The van der Waals surface area contributed by atoms with Gasteiger partial charge in [0, 0.05) is 12.1 Å². The fourth-order valence-corrected chi connectivity index (χ4v) is 1.31. The average Bonchev–Trinajstić information content (AvgIpc) is 2.27. The van der Waals surface area contributed by atoms with Crippen LogP contribution in [0.15, 0.2) is 24.3 Å². The van der Waals surface area contributed by atoms with E-state index in [2.05, 4.69) is 5.32 Å². The van der Waals surface area contributed by atoms with Crippen LogP contribution in [0.1, 0.15) is 15.9 Å². The molecule has 0 radical (unpaired) electrons. The molecule has 1 aromatic rings. The first-order valence-electron chi connectivity index (χ1n) is 4.96. The zero-order valence-corrected chi connectivity index (χ0v) is 8.57. The number of rotatable bonds is 5. The number of aliphatic hydroxyl groups excluding tert-OH is 1. The van der Waals surface area contributed by atoms with Crippen LogP contribution in [-0.4, -0.2) is 30.7 Å². The highest BCUT2D eigenvalue weighted by molar-refractivity contribution is 5.94. The summed E-state index contributed by atoms with van der Waals surface area (Å²) in [5.74, 6) is -0.164. The third-order valence-electron chi connectivity index (χ3n) is 2.02. The van der Waals surface area contributed by atoms with Gasteiger partial charge in [-0.2, -0.15) is 0 Å². The van der Waals surface area contributed by atoms with E-state index in [0.717, 1.165) is 12.0 Å². The van der Waals surface area contributed by atoms with E-state index in [1.807, 2.05) is 18.2 Å². The second kappa shape index (κ2) is 6.16. The van der Waals surface area contributed by atoms with Crippen molar-refractivity contribution in [1.29, 1.82) is 0 Å². The van der Waals surface area contributed by atoms with Crippen LogP contribution in [0.3, 0.4) is 0 Å². The van der Waals surface area contributed by atoms with Gasteiger partial charge in [0.1, 0.15) is 0 Å². The van der Waals surface area contributed by atoms with Crippen molar-refractivity contribution in [3.63, 3.8) is 0 Å². The molecule has 1 amide bonds. The fourth-order valence-electron chi connectivity index (χ4n) is 1.31. The van der Waals surface area contributed by atoms with Crippen molar-refractivity contribution in [2.45, 2.75) is 6.42 Å². The molecule has 1 aromatic carbocycles. The van der Waals surface area contributed by atoms with Crippen molar-refractivity contribution in [2.24, 2.45) is 5.73 Å². The molecule has 0 atom stereocenters. The Morgan fingerprint density at radius 2 is 2.27 bits per heavy atom. The third-order valence-corrected chi connectivity index (χ3v) is 2.02. The van der Waals surface area contributed by atoms with E-state index in [-0.39, 0.29) is 19.1 Å². The lowest BCUT2D eigenvalue weighted by Gasteiger charge is -2.05. The molecule has 15 heavy (non-hydrogen) atoms. The third kappa shape index (κ3) is 3.69. The van der Waals surface area contributed by atoms with Crippen LogP contribution in [0, 0.1) is 0 Å². The van der Waals surface area contributed by atoms with Gasteiger partial charge < -0.3 is 16.2 Å². The molecule has 0 bridgehead atoms. The Labute approximate surface area is 89.1 Å². The first-order chi connectivity index (χ1) is 7.27. The number of aliphatic hydroxyl groups is 1. The molecule has 0 spiro atoms. The van der Waals surface area contributed by atoms with Gasteiger partial charge in [0.15, 0.2) is 0 Å². The molecule has 82 valence electrons. The monoisotopic (exact) mass is 208 g/mol. The molecular weight excluding hydrogens is 192 g/mol. The lowest BCUT2D eigenvalue weighted by atomic mass is 10.1. The number of nitrogens with two attached hydrogens (primary N) is 1. The first kappa shape index (κ1) is 11.7. The molecule has 0 aromatic heterocycles. The maximum absolute atomic E-state index is 11.5. The molecule has 4 heteroatoms. The van der Waals surface area contributed by atoms with Crippen molar-refractivity contribution >= 4 is 5.91 Å². The molecule has 4 N–H and O–H groups in total. The summed E-state index contributed by atoms with van der Waals surface area (Å²) in [5, 5.41) is 11.2. The van der Waals surface area contributed by atoms with Gasteiger partial charge in [0.25, 0.3) is 5.91 Å². The summed E-state index contributed by atoms with van der Waals surface area (Å²) in [5.41, 5.74) is 7.09. The van der Waals surface area contributed by atoms with Crippen LogP contribution in [0.5, 0.6) is 0 Å². The van der Waals surface area contributed by atoms with Crippen molar-refractivity contribution in [2.75, 3.05) is 19.7 Å². The minimum Gasteiger partial charge on any atom is -0.395 e. The van der Waals surface area contributed by atoms with Crippen molar-refractivity contribution in [3.05, 3.63) is 35.4 Å². The topological polar surface area (TPSA) is 75.4 Å². The van der Waals surface area contributed by atoms with Gasteiger partial charge in [-0.25, -0.2) is 0 Å². The van der Waals surface area contributed by atoms with Crippen LogP contribution in [-0.2, 0) is 6.42 Å². The molecule has 0 unspecified atom stereocenters. The summed E-state index contributed by atoms with van der Waals surface area (Å²) in [6.45, 7) is 0.801. The Kier molecular flexibility index (Phi) is 4.80. The molecule has 0 aliphatic rings. The summed E-state index contributed by atoms with van der Waals surface area (Å²) < 4.78 is 0. The van der Waals surface area contributed by atoms with Gasteiger partial charge in [-0.15, -0.1) is 0 Å². The Hall–Kier alpha value is -1.39. The largest absolute Gasteiger partial charge is 0.395 e. The smallest absolute Gasteiger partial charge is 0.251 e. The van der Waals surface area contributed by atoms with Crippen LogP contribution in [0.25, 0.3) is 0 Å². The predicted octanol–water partition coefficient (Wildman–Crippen LogP) is -0.0901. The van der Waals surface area contributed by atoms with Crippen LogP contribution in [0.4, 0.5) is 0 Å². The van der Waals surface area contributed by atoms with E-state index in [4.69, 9.17) is 10.8 Å². The molecular formula is C11H16N2O2. The zero-order chi connectivity index (χ0) is 11.1. The average molecular weight is 208 g/mol. The van der Waals surface area contributed by atoms with Gasteiger partial charge in [-0.05, 0) is 30.7 Å². The summed E-state index contributed by atoms with van der Waals surface area (Å²) in [6, 6.07) is 7.33. The maximum Gasteiger partial charge on any atom is 0.251 e. The molecule has 0 saturated heterocycles. The molecule has 0 aliphatic carbocycles. The van der Waals surface area contributed by atoms with Crippen LogP contribution in [0.2, 0.25) is 0 Å². The van der Waals surface area contributed by atoms with Crippen molar-refractivity contribution in [3.8, 4) is 0 Å². The first-order valence-corrected chi connectivity index (χ1v) is 4.96. The van der Waals surface area contributed by atoms with E-state index in [1.165, 1.54) is 0 Å². The quantitative estimate of drug-likeness (QED) is 0.633. The maximum atomic E-state index is 11.5. The van der Waals surface area contributed by atoms with Gasteiger partial charge in [-0.3, -0.25) is 4.79 Å². The molecule has 0 saturated carbocycles. The molecule has 0 aliphatic heterocycles. The highest BCUT2D eigenvalue weighted by Crippen LogP contribution is 2.05. The van der Waals surface area contributed by atoms with E-state index < -0.39 is 0 Å². The fraction of sp³-hybridized carbons (Fsp3) is 0.364. The SMILES string of the molecule is NCCc1cccc(C(=O)NCCO)c1. The summed E-state index contributed by atoms with van der Waals surface area (Å²) in [7, 11) is 0. The van der Waals surface area contributed by atoms with Crippen LogP contribution < -0.4 is 11.1 Å². The zero-order valence-electron chi connectivity index (χ0n) is 8.57. The van der Waals surface area contributed by atoms with Crippen molar-refractivity contribution in [1.82, 2.24) is 5.32 Å². The standard InChI is InChI=1S/C11H16N2O2/c12-5-4-9-2-1-3-10(8-9)11(15)13-6-7-14/h1-3,8,14H,4-7,12H2,(H,13,15). The number of carbonyl (C=O) groups excluding carboxylic acids is 1. The number of hydrogen-bond donors (Lipinski definition) is 3. The minimum absolute atomic E-state index is 0.0474. The Morgan fingerprint density at radius 3 is 2.93 bits per heavy atom.